The molecule has 170 valence electrons. The van der Waals surface area contributed by atoms with Crippen LogP contribution in [0, 0.1) is 5.41 Å². The SMILES string of the molecule is Cn1cc(-c2cc(Oc3ccc(NC(=O)N4CCC5(CCC(O)C5)C4=O)nc3)ccn2)cn1. The van der Waals surface area contributed by atoms with E-state index in [0.717, 1.165) is 11.3 Å². The fraction of sp³-hybridized carbons (Fsp3) is 0.348. The van der Waals surface area contributed by atoms with E-state index in [4.69, 9.17) is 4.74 Å². The lowest BCUT2D eigenvalue weighted by Crippen LogP contribution is -2.40. The van der Waals surface area contributed by atoms with Crippen molar-refractivity contribution in [1.29, 1.82) is 0 Å². The van der Waals surface area contributed by atoms with Gasteiger partial charge in [-0.05, 0) is 43.9 Å². The molecule has 1 saturated heterocycles. The third kappa shape index (κ3) is 4.17. The number of nitrogens with zero attached hydrogens (tertiary/aromatic N) is 5. The number of aliphatic hydroxyl groups excluding tert-OH is 1. The molecule has 3 aromatic heterocycles. The standard InChI is InChI=1S/C23H24N6O4/c1-28-14-15(12-26-28)19-10-17(5-8-24-19)33-18-2-3-20(25-13-18)27-22(32)29-9-7-23(21(29)31)6-4-16(30)11-23/h2-3,5,8,10,12-14,16,30H,4,6-7,9,11H2,1H3,(H,25,27,32). The number of hydrogen-bond acceptors (Lipinski definition) is 7. The molecule has 1 spiro atoms. The highest BCUT2D eigenvalue weighted by molar-refractivity contribution is 6.04. The Hall–Kier alpha value is -3.79. The first-order valence-electron chi connectivity index (χ1n) is 10.8. The van der Waals surface area contributed by atoms with Crippen molar-refractivity contribution in [3.63, 3.8) is 0 Å². The van der Waals surface area contributed by atoms with E-state index in [1.165, 1.54) is 11.1 Å². The number of imide groups is 1. The molecule has 3 aromatic rings. The van der Waals surface area contributed by atoms with E-state index in [-0.39, 0.29) is 5.91 Å². The quantitative estimate of drug-likeness (QED) is 0.629. The minimum Gasteiger partial charge on any atom is -0.456 e. The molecule has 10 heteroatoms. The summed E-state index contributed by atoms with van der Waals surface area (Å²) in [5, 5.41) is 16.7. The number of anilines is 1. The van der Waals surface area contributed by atoms with Gasteiger partial charge in [-0.15, -0.1) is 0 Å². The first-order chi connectivity index (χ1) is 15.9. The van der Waals surface area contributed by atoms with Gasteiger partial charge in [0, 0.05) is 37.6 Å². The highest BCUT2D eigenvalue weighted by Gasteiger charge is 2.52. The first-order valence-corrected chi connectivity index (χ1v) is 10.8. The number of ether oxygens (including phenoxy) is 1. The van der Waals surface area contributed by atoms with Crippen LogP contribution in [0.4, 0.5) is 10.6 Å². The van der Waals surface area contributed by atoms with Gasteiger partial charge in [0.05, 0.1) is 29.6 Å². The van der Waals surface area contributed by atoms with Crippen molar-refractivity contribution in [3.05, 3.63) is 49.1 Å². The molecule has 2 unspecified atom stereocenters. The fourth-order valence-corrected chi connectivity index (χ4v) is 4.55. The molecule has 1 aliphatic heterocycles. The number of nitrogens with one attached hydrogen (secondary N) is 1. The number of aliphatic hydroxyl groups is 1. The summed E-state index contributed by atoms with van der Waals surface area (Å²) in [6, 6.07) is 6.35. The molecular weight excluding hydrogens is 424 g/mol. The number of carbonyl (C=O) groups is 2. The summed E-state index contributed by atoms with van der Waals surface area (Å²) >= 11 is 0. The van der Waals surface area contributed by atoms with Gasteiger partial charge in [-0.2, -0.15) is 5.10 Å². The van der Waals surface area contributed by atoms with E-state index < -0.39 is 17.6 Å². The van der Waals surface area contributed by atoms with Crippen molar-refractivity contribution in [1.82, 2.24) is 24.6 Å². The van der Waals surface area contributed by atoms with E-state index in [2.05, 4.69) is 20.4 Å². The molecule has 4 heterocycles. The number of aromatic nitrogens is 4. The normalized spacial score (nSPS) is 22.2. The fourth-order valence-electron chi connectivity index (χ4n) is 4.55. The number of aryl methyl sites for hydroxylation is 1. The number of urea groups is 1. The summed E-state index contributed by atoms with van der Waals surface area (Å²) in [4.78, 5) is 35.2. The first kappa shape index (κ1) is 21.1. The van der Waals surface area contributed by atoms with Gasteiger partial charge in [-0.25, -0.2) is 9.78 Å². The Morgan fingerprint density at radius 2 is 2.09 bits per heavy atom. The van der Waals surface area contributed by atoms with Gasteiger partial charge in [-0.1, -0.05) is 0 Å². The van der Waals surface area contributed by atoms with Crippen molar-refractivity contribution >= 4 is 17.8 Å². The summed E-state index contributed by atoms with van der Waals surface area (Å²) in [6.07, 6.45) is 8.53. The van der Waals surface area contributed by atoms with Crippen molar-refractivity contribution < 1.29 is 19.4 Å². The second-order valence-corrected chi connectivity index (χ2v) is 8.57. The van der Waals surface area contributed by atoms with Gasteiger partial charge >= 0.3 is 6.03 Å². The van der Waals surface area contributed by atoms with E-state index in [9.17, 15) is 14.7 Å². The second kappa shape index (κ2) is 8.28. The van der Waals surface area contributed by atoms with Crippen molar-refractivity contribution in [2.24, 2.45) is 12.5 Å². The van der Waals surface area contributed by atoms with Gasteiger partial charge in [0.25, 0.3) is 0 Å². The smallest absolute Gasteiger partial charge is 0.329 e. The third-order valence-corrected chi connectivity index (χ3v) is 6.28. The van der Waals surface area contributed by atoms with Crippen LogP contribution in [-0.2, 0) is 11.8 Å². The molecule has 2 aliphatic rings. The largest absolute Gasteiger partial charge is 0.456 e. The van der Waals surface area contributed by atoms with Crippen LogP contribution in [0.1, 0.15) is 25.7 Å². The van der Waals surface area contributed by atoms with Crippen LogP contribution < -0.4 is 10.1 Å². The monoisotopic (exact) mass is 448 g/mol. The lowest BCUT2D eigenvalue weighted by molar-refractivity contribution is -0.133. The second-order valence-electron chi connectivity index (χ2n) is 8.57. The molecule has 2 N–H and O–H groups in total. The molecule has 0 radical (unpaired) electrons. The van der Waals surface area contributed by atoms with Gasteiger partial charge in [0.15, 0.2) is 0 Å². The Labute approximate surface area is 190 Å². The Bertz CT molecular complexity index is 1190. The third-order valence-electron chi connectivity index (χ3n) is 6.28. The number of pyridine rings is 2. The lowest BCUT2D eigenvalue weighted by Gasteiger charge is -2.21. The molecule has 1 saturated carbocycles. The Morgan fingerprint density at radius 3 is 2.79 bits per heavy atom. The Kier molecular flexibility index (Phi) is 5.29. The molecule has 2 fully saturated rings. The van der Waals surface area contributed by atoms with Gasteiger partial charge < -0.3 is 9.84 Å². The van der Waals surface area contributed by atoms with Crippen molar-refractivity contribution in [2.75, 3.05) is 11.9 Å². The number of likely N-dealkylation sites (tertiary alicyclic amines) is 1. The van der Waals surface area contributed by atoms with Crippen LogP contribution in [0.5, 0.6) is 11.5 Å². The molecule has 10 nitrogen and oxygen atoms in total. The van der Waals surface area contributed by atoms with Gasteiger partial charge in [0.1, 0.15) is 17.3 Å². The summed E-state index contributed by atoms with van der Waals surface area (Å²) < 4.78 is 7.57. The van der Waals surface area contributed by atoms with Crippen molar-refractivity contribution in [3.8, 4) is 22.8 Å². The van der Waals surface area contributed by atoms with Crippen LogP contribution in [0.3, 0.4) is 0 Å². The van der Waals surface area contributed by atoms with Crippen molar-refractivity contribution in [2.45, 2.75) is 31.8 Å². The maximum Gasteiger partial charge on any atom is 0.329 e. The number of hydrogen-bond donors (Lipinski definition) is 2. The van der Waals surface area contributed by atoms with Crippen LogP contribution in [0.25, 0.3) is 11.3 Å². The van der Waals surface area contributed by atoms with Crippen LogP contribution in [0.15, 0.2) is 49.1 Å². The molecule has 0 bridgehead atoms. The predicted octanol–water partition coefficient (Wildman–Crippen LogP) is 2.96. The zero-order valence-corrected chi connectivity index (χ0v) is 18.1. The molecule has 0 aromatic carbocycles. The number of rotatable bonds is 4. The van der Waals surface area contributed by atoms with E-state index >= 15 is 0 Å². The zero-order chi connectivity index (χ0) is 23.0. The van der Waals surface area contributed by atoms with E-state index in [0.29, 0.717) is 49.5 Å². The topological polar surface area (TPSA) is 122 Å². The summed E-state index contributed by atoms with van der Waals surface area (Å²) in [5.74, 6) is 1.19. The Balaban J connectivity index is 1.22. The summed E-state index contributed by atoms with van der Waals surface area (Å²) in [5.41, 5.74) is 1.02. The number of carbonyl (C=O) groups excluding carboxylic acids is 2. The molecule has 5 rings (SSSR count). The maximum atomic E-state index is 12.8. The molecular formula is C23H24N6O4. The van der Waals surface area contributed by atoms with E-state index in [1.54, 1.807) is 35.3 Å². The Morgan fingerprint density at radius 1 is 1.21 bits per heavy atom. The minimum absolute atomic E-state index is 0.210. The van der Waals surface area contributed by atoms with Crippen LogP contribution in [0.2, 0.25) is 0 Å². The van der Waals surface area contributed by atoms with Gasteiger partial charge in [0.2, 0.25) is 5.91 Å². The highest BCUT2D eigenvalue weighted by atomic mass is 16.5. The maximum absolute atomic E-state index is 12.8. The molecule has 2 atom stereocenters. The summed E-state index contributed by atoms with van der Waals surface area (Å²) in [6.45, 7) is 0.347. The summed E-state index contributed by atoms with van der Waals surface area (Å²) in [7, 11) is 1.84. The molecule has 3 amide bonds. The average molecular weight is 448 g/mol. The zero-order valence-electron chi connectivity index (χ0n) is 18.1. The minimum atomic E-state index is -0.596. The lowest BCUT2D eigenvalue weighted by atomic mass is 9.84. The molecule has 33 heavy (non-hydrogen) atoms. The van der Waals surface area contributed by atoms with Crippen LogP contribution in [-0.4, -0.2) is 54.3 Å². The van der Waals surface area contributed by atoms with E-state index in [1.807, 2.05) is 19.3 Å². The predicted molar refractivity (Wildman–Crippen MR) is 118 cm³/mol. The average Bonchev–Trinajstić information content (AvgIpc) is 3.50. The number of amides is 3. The van der Waals surface area contributed by atoms with Gasteiger partial charge in [-0.3, -0.25) is 24.7 Å². The molecule has 1 aliphatic carbocycles. The highest BCUT2D eigenvalue weighted by Crippen LogP contribution is 2.46. The van der Waals surface area contributed by atoms with Crippen LogP contribution >= 0.6 is 0 Å².